The van der Waals surface area contributed by atoms with Crippen LogP contribution in [0.15, 0.2) is 48.5 Å². The van der Waals surface area contributed by atoms with Gasteiger partial charge in [0.05, 0.1) is 5.56 Å². The molecule has 2 heterocycles. The molecule has 0 saturated carbocycles. The van der Waals surface area contributed by atoms with Gasteiger partial charge in [-0.25, -0.2) is 4.79 Å². The Balaban J connectivity index is 1.35. The van der Waals surface area contributed by atoms with Crippen molar-refractivity contribution in [3.63, 3.8) is 0 Å². The van der Waals surface area contributed by atoms with Crippen LogP contribution in [0, 0.1) is 6.92 Å². The number of esters is 1. The molecule has 2 aliphatic rings. The Morgan fingerprint density at radius 3 is 2.56 bits per heavy atom. The smallest absolute Gasteiger partial charge is 0.339 e. The maximum Gasteiger partial charge on any atom is 0.339 e. The largest absolute Gasteiger partial charge is 0.448 e. The highest BCUT2D eigenvalue weighted by Gasteiger charge is 2.35. The first kappa shape index (κ1) is 17.6. The van der Waals surface area contributed by atoms with E-state index in [1.54, 1.807) is 6.07 Å². The molecule has 0 radical (unpaired) electrons. The third kappa shape index (κ3) is 3.68. The Morgan fingerprint density at radius 2 is 1.78 bits per heavy atom. The second-order valence-corrected chi connectivity index (χ2v) is 7.31. The van der Waals surface area contributed by atoms with Gasteiger partial charge in [0.2, 0.25) is 0 Å². The average molecular weight is 364 g/mol. The molecule has 0 unspecified atom stereocenters. The average Bonchev–Trinajstić information content (AvgIpc) is 2.70. The number of amides is 1. The van der Waals surface area contributed by atoms with Gasteiger partial charge in [0, 0.05) is 31.2 Å². The lowest BCUT2D eigenvalue weighted by Crippen LogP contribution is -2.49. The fourth-order valence-electron chi connectivity index (χ4n) is 3.87. The number of ether oxygens (including phenoxy) is 1. The van der Waals surface area contributed by atoms with E-state index in [1.165, 1.54) is 5.56 Å². The number of hydrogen-bond donors (Lipinski definition) is 1. The van der Waals surface area contributed by atoms with Gasteiger partial charge >= 0.3 is 5.97 Å². The number of aryl methyl sites for hydroxylation is 1. The lowest BCUT2D eigenvalue weighted by Gasteiger charge is -2.35. The maximum absolute atomic E-state index is 12.9. The second-order valence-electron chi connectivity index (χ2n) is 7.31. The van der Waals surface area contributed by atoms with Crippen molar-refractivity contribution in [2.75, 3.05) is 18.4 Å². The number of benzene rings is 2. The van der Waals surface area contributed by atoms with Gasteiger partial charge in [-0.3, -0.25) is 4.79 Å². The Hall–Kier alpha value is -2.82. The number of carbonyl (C=O) groups is 2. The van der Waals surface area contributed by atoms with Gasteiger partial charge in [0.1, 0.15) is 0 Å². The minimum absolute atomic E-state index is 0.0767. The first-order valence-electron chi connectivity index (χ1n) is 9.51. The van der Waals surface area contributed by atoms with Crippen LogP contribution in [-0.2, 0) is 16.0 Å². The van der Waals surface area contributed by atoms with Crippen LogP contribution in [0.25, 0.3) is 0 Å². The van der Waals surface area contributed by atoms with Crippen molar-refractivity contribution in [3.05, 3.63) is 65.2 Å². The van der Waals surface area contributed by atoms with E-state index < -0.39 is 12.1 Å². The van der Waals surface area contributed by atoms with Crippen molar-refractivity contribution < 1.29 is 14.3 Å². The lowest BCUT2D eigenvalue weighted by atomic mass is 9.97. The number of rotatable bonds is 3. The van der Waals surface area contributed by atoms with Crippen molar-refractivity contribution >= 4 is 17.6 Å². The SMILES string of the molecule is Cc1ccccc1NC1CCN(C(=O)[C@H]2Cc3ccccc3C(=O)O2)CC1. The van der Waals surface area contributed by atoms with Gasteiger partial charge in [-0.1, -0.05) is 36.4 Å². The third-order valence-corrected chi connectivity index (χ3v) is 5.48. The summed E-state index contributed by atoms with van der Waals surface area (Å²) >= 11 is 0. The predicted molar refractivity (Wildman–Crippen MR) is 104 cm³/mol. The standard InChI is InChI=1S/C22H24N2O3/c1-15-6-2-5-9-19(15)23-17-10-12-24(13-11-17)21(25)20-14-16-7-3-4-8-18(16)22(26)27-20/h2-9,17,20,23H,10-14H2,1H3/t20-/m1/s1. The monoisotopic (exact) mass is 364 g/mol. The molecule has 27 heavy (non-hydrogen) atoms. The molecule has 2 aromatic rings. The zero-order valence-electron chi connectivity index (χ0n) is 15.5. The third-order valence-electron chi connectivity index (χ3n) is 5.48. The van der Waals surface area contributed by atoms with Crippen molar-refractivity contribution in [3.8, 4) is 0 Å². The number of cyclic esters (lactones) is 1. The van der Waals surface area contributed by atoms with Crippen LogP contribution in [0.1, 0.15) is 34.3 Å². The van der Waals surface area contributed by atoms with Crippen LogP contribution >= 0.6 is 0 Å². The number of hydrogen-bond acceptors (Lipinski definition) is 4. The molecule has 1 amide bonds. The van der Waals surface area contributed by atoms with E-state index in [4.69, 9.17) is 4.74 Å². The molecule has 0 spiro atoms. The fourth-order valence-corrected chi connectivity index (χ4v) is 3.87. The number of likely N-dealkylation sites (tertiary alicyclic amines) is 1. The van der Waals surface area contributed by atoms with Crippen LogP contribution in [0.5, 0.6) is 0 Å². The molecule has 1 N–H and O–H groups in total. The molecule has 0 bridgehead atoms. The van der Waals surface area contributed by atoms with Gasteiger partial charge in [-0.05, 0) is 43.0 Å². The number of piperidine rings is 1. The highest BCUT2D eigenvalue weighted by molar-refractivity contribution is 5.95. The molecule has 4 rings (SSSR count). The van der Waals surface area contributed by atoms with E-state index in [0.717, 1.165) is 24.1 Å². The molecule has 1 atom stereocenters. The molecule has 2 aliphatic heterocycles. The minimum atomic E-state index is -0.701. The number of anilines is 1. The van der Waals surface area contributed by atoms with E-state index in [-0.39, 0.29) is 5.91 Å². The lowest BCUT2D eigenvalue weighted by molar-refractivity contribution is -0.142. The predicted octanol–water partition coefficient (Wildman–Crippen LogP) is 3.18. The van der Waals surface area contributed by atoms with Crippen LogP contribution < -0.4 is 5.32 Å². The maximum atomic E-state index is 12.9. The summed E-state index contributed by atoms with van der Waals surface area (Å²) in [5.41, 5.74) is 3.84. The summed E-state index contributed by atoms with van der Waals surface area (Å²) < 4.78 is 5.42. The van der Waals surface area contributed by atoms with E-state index in [9.17, 15) is 9.59 Å². The minimum Gasteiger partial charge on any atom is -0.448 e. The second kappa shape index (κ2) is 7.43. The zero-order chi connectivity index (χ0) is 18.8. The number of carbonyl (C=O) groups excluding carboxylic acids is 2. The van der Waals surface area contributed by atoms with Gasteiger partial charge in [0.15, 0.2) is 6.10 Å². The van der Waals surface area contributed by atoms with Crippen LogP contribution in [0.2, 0.25) is 0 Å². The van der Waals surface area contributed by atoms with E-state index in [0.29, 0.717) is 31.1 Å². The first-order chi connectivity index (χ1) is 13.1. The van der Waals surface area contributed by atoms with Crippen LogP contribution in [-0.4, -0.2) is 42.0 Å². The normalized spacial score (nSPS) is 20.0. The fraction of sp³-hybridized carbons (Fsp3) is 0.364. The summed E-state index contributed by atoms with van der Waals surface area (Å²) in [7, 11) is 0. The van der Waals surface area contributed by atoms with E-state index in [2.05, 4.69) is 24.4 Å². The molecule has 0 aromatic heterocycles. The summed E-state index contributed by atoms with van der Waals surface area (Å²) in [5, 5.41) is 3.58. The van der Waals surface area contributed by atoms with Crippen molar-refractivity contribution in [1.82, 2.24) is 4.90 Å². The zero-order valence-corrected chi connectivity index (χ0v) is 15.5. The topological polar surface area (TPSA) is 58.6 Å². The highest BCUT2D eigenvalue weighted by atomic mass is 16.5. The molecule has 1 fully saturated rings. The van der Waals surface area contributed by atoms with Crippen molar-refractivity contribution in [1.29, 1.82) is 0 Å². The Labute approximate surface area is 159 Å². The Bertz CT molecular complexity index is 856. The molecule has 5 nitrogen and oxygen atoms in total. The summed E-state index contributed by atoms with van der Waals surface area (Å²) in [4.78, 5) is 26.9. The summed E-state index contributed by atoms with van der Waals surface area (Å²) in [6.45, 7) is 3.45. The Kier molecular flexibility index (Phi) is 4.84. The molecular weight excluding hydrogens is 340 g/mol. The molecular formula is C22H24N2O3. The van der Waals surface area contributed by atoms with Gasteiger partial charge in [0.25, 0.3) is 5.91 Å². The highest BCUT2D eigenvalue weighted by Crippen LogP contribution is 2.24. The van der Waals surface area contributed by atoms with Gasteiger partial charge in [-0.15, -0.1) is 0 Å². The quantitative estimate of drug-likeness (QED) is 0.850. The summed E-state index contributed by atoms with van der Waals surface area (Å²) in [5.74, 6) is -0.474. The number of fused-ring (bicyclic) bond motifs is 1. The van der Waals surface area contributed by atoms with Crippen molar-refractivity contribution in [2.45, 2.75) is 38.3 Å². The molecule has 0 aliphatic carbocycles. The van der Waals surface area contributed by atoms with Gasteiger partial charge < -0.3 is 15.0 Å². The number of nitrogens with zero attached hydrogens (tertiary/aromatic N) is 1. The van der Waals surface area contributed by atoms with Crippen molar-refractivity contribution in [2.24, 2.45) is 0 Å². The number of nitrogens with one attached hydrogen (secondary N) is 1. The molecule has 2 aromatic carbocycles. The molecule has 140 valence electrons. The van der Waals surface area contributed by atoms with E-state index >= 15 is 0 Å². The first-order valence-corrected chi connectivity index (χ1v) is 9.51. The summed E-state index contributed by atoms with van der Waals surface area (Å²) in [6, 6.07) is 16.0. The van der Waals surface area contributed by atoms with Crippen LogP contribution in [0.4, 0.5) is 5.69 Å². The molecule has 5 heteroatoms. The summed E-state index contributed by atoms with van der Waals surface area (Å²) in [6.07, 6.45) is 1.53. The number of para-hydroxylation sites is 1. The van der Waals surface area contributed by atoms with Crippen LogP contribution in [0.3, 0.4) is 0 Å². The molecule has 1 saturated heterocycles. The van der Waals surface area contributed by atoms with Gasteiger partial charge in [-0.2, -0.15) is 0 Å². The Morgan fingerprint density at radius 1 is 1.07 bits per heavy atom. The van der Waals surface area contributed by atoms with E-state index in [1.807, 2.05) is 35.2 Å².